The normalized spacial score (nSPS) is 44.2. The average molecular weight is 1170 g/mol. The molecule has 25 nitrogen and oxygen atoms in total. The first-order valence-corrected chi connectivity index (χ1v) is 27.8. The van der Waals surface area contributed by atoms with Crippen molar-refractivity contribution in [3.63, 3.8) is 0 Å². The van der Waals surface area contributed by atoms with Crippen molar-refractivity contribution in [2.24, 2.45) is 17.8 Å². The fraction of sp³-hybridized carbons (Fsp3) is 0.667. The lowest BCUT2D eigenvalue weighted by molar-refractivity contribution is -0.323. The molecule has 0 aliphatic carbocycles. The van der Waals surface area contributed by atoms with E-state index in [9.17, 15) is 81.1 Å². The van der Waals surface area contributed by atoms with E-state index in [2.05, 4.69) is 15.8 Å². The number of allylic oxidation sites excluding steroid dienone is 12. The third-order valence-electron chi connectivity index (χ3n) is 15.1. The number of aliphatic hydroxyl groups excluding tert-OH is 12. The van der Waals surface area contributed by atoms with E-state index in [1.54, 1.807) is 99.8 Å². The maximum Gasteiger partial charge on any atom is 0.308 e. The Bertz CT molecular complexity index is 2350. The highest BCUT2D eigenvalue weighted by atomic mass is 16.7. The molecule has 23 atom stereocenters. The molecule has 5 heterocycles. The number of aromatic nitrogens is 1. The summed E-state index contributed by atoms with van der Waals surface area (Å²) in [6.07, 6.45) is -3.94. The van der Waals surface area contributed by atoms with Crippen molar-refractivity contribution in [3.05, 3.63) is 96.9 Å². The predicted octanol–water partition coefficient (Wildman–Crippen LogP) is -1.01. The Kier molecular flexibility index (Phi) is 26.8. The van der Waals surface area contributed by atoms with E-state index in [0.717, 1.165) is 0 Å². The Labute approximate surface area is 476 Å². The van der Waals surface area contributed by atoms with Gasteiger partial charge in [-0.1, -0.05) is 104 Å². The van der Waals surface area contributed by atoms with Crippen LogP contribution in [0, 0.1) is 24.7 Å². The summed E-state index contributed by atoms with van der Waals surface area (Å²) in [6, 6.07) is 0.0544. The average Bonchev–Trinajstić information content (AvgIpc) is 3.82. The highest BCUT2D eigenvalue weighted by molar-refractivity contribution is 5.92. The summed E-state index contributed by atoms with van der Waals surface area (Å²) in [5.74, 6) is -8.43. The van der Waals surface area contributed by atoms with Crippen LogP contribution in [0.2, 0.25) is 0 Å². The number of nitrogens with zero attached hydrogens (tertiary/aromatic N) is 1. The minimum absolute atomic E-state index is 0.0132. The number of hydrogen-bond donors (Lipinski definition) is 16. The Morgan fingerprint density at radius 2 is 1.30 bits per heavy atom. The van der Waals surface area contributed by atoms with Gasteiger partial charge < -0.3 is 110 Å². The monoisotopic (exact) mass is 1170 g/mol. The van der Waals surface area contributed by atoms with Crippen molar-refractivity contribution in [2.45, 2.75) is 208 Å². The third kappa shape index (κ3) is 20.4. The summed E-state index contributed by atoms with van der Waals surface area (Å²) in [4.78, 5) is 26.9. The molecule has 3 saturated heterocycles. The molecule has 1 amide bonds. The number of carbonyl (C=O) groups excluding carboxylic acids is 2. The number of aliphatic hydroxyl groups is 14. The topological polar surface area (TPSA) is 414 Å². The van der Waals surface area contributed by atoms with E-state index < -0.39 is 191 Å². The van der Waals surface area contributed by atoms with Gasteiger partial charge in [0.1, 0.15) is 36.3 Å². The van der Waals surface area contributed by atoms with Crippen LogP contribution in [0.15, 0.2) is 95.7 Å². The summed E-state index contributed by atoms with van der Waals surface area (Å²) in [5.41, 5.74) is 0. The molecular formula is C57H87N3O22. The number of nitrogens with one attached hydrogen (secondary N) is 2. The predicted molar refractivity (Wildman–Crippen MR) is 292 cm³/mol. The molecule has 0 saturated carbocycles. The van der Waals surface area contributed by atoms with Crippen LogP contribution >= 0.6 is 0 Å². The first-order chi connectivity index (χ1) is 38.7. The SMILES string of the molecule is Cc1cc(NC(=O)C2C3C[C@@H](OC4O[C@H](C)[C@@H](O)[C@H](NC[C@@]5(O)OC[C@@H](O)[C@H](O)[C@@H]5O)[C@@H]4O)/C=C/C=C/C=C/C=C/C=C/C=C/C=C/[C@H](C)[C@@H](O)[C@@H](C)[C@H](C)OC(=O)C[C@H](O)C[C@H](O)CC[C@@H](O)[C@H](O)C[C@H](O)C[C@](O)(C[C@@H]2O)O3)no1. The molecule has 3 unspecified atom stereocenters. The number of esters is 1. The van der Waals surface area contributed by atoms with Crippen LogP contribution in [-0.2, 0) is 33.3 Å². The standard InChI is InChI=1S/C57H87N3O22/c1-31-18-16-14-12-10-8-6-7-9-11-13-15-17-19-39(80-55-52(72)48(50(70)35(5)79-55)58-30-57(76)53(73)51(71)43(67)29-77-57)26-44-47(54(74)59-45-22-32(2)82-60-45)42(66)28-56(75,81-44)27-38(63)24-41(65)40(64)21-20-36(61)23-37(62)25-46(68)78-34(4)33(3)49(31)69/h6-19,22,31,33-44,47-53,55,58,61-67,69-73,75-76H,20-21,23-30H2,1-5H3,(H,59,60,74)/b7-6+,10-8+,11-9+,14-12+,15-13+,18-16+,19-17+/t31-,33-,34-,35+,36+,37+,38-,39-,40+,41+,42-,43+,44?,47?,48-,49+,50+,51-,52-,53-,55?,56+,57+/m0/s1. The van der Waals surface area contributed by atoms with Crippen molar-refractivity contribution in [2.75, 3.05) is 18.5 Å². The van der Waals surface area contributed by atoms with Crippen molar-refractivity contribution < 1.29 is 109 Å². The molecule has 16 N–H and O–H groups in total. The van der Waals surface area contributed by atoms with Gasteiger partial charge in [0.15, 0.2) is 17.9 Å². The van der Waals surface area contributed by atoms with E-state index >= 15 is 0 Å². The highest BCUT2D eigenvalue weighted by Crippen LogP contribution is 2.39. The van der Waals surface area contributed by atoms with Crippen LogP contribution in [0.25, 0.3) is 0 Å². The smallest absolute Gasteiger partial charge is 0.308 e. The van der Waals surface area contributed by atoms with Crippen molar-refractivity contribution in [3.8, 4) is 0 Å². The maximum atomic E-state index is 14.1. The molecule has 4 aliphatic rings. The number of hydrogen-bond acceptors (Lipinski definition) is 24. The van der Waals surface area contributed by atoms with Crippen LogP contribution < -0.4 is 10.6 Å². The number of amides is 1. The van der Waals surface area contributed by atoms with Gasteiger partial charge in [-0.2, -0.15) is 0 Å². The molecule has 0 aromatic carbocycles. The number of carbonyl (C=O) groups is 2. The number of rotatable bonds is 7. The molecule has 82 heavy (non-hydrogen) atoms. The van der Waals surface area contributed by atoms with Crippen LogP contribution in [0.3, 0.4) is 0 Å². The Hall–Kier alpha value is -4.43. The zero-order valence-electron chi connectivity index (χ0n) is 46.8. The number of aryl methyl sites for hydroxylation is 1. The molecule has 462 valence electrons. The molecule has 4 aliphatic heterocycles. The second kappa shape index (κ2) is 32.2. The lowest BCUT2D eigenvalue weighted by Crippen LogP contribution is -2.69. The quantitative estimate of drug-likeness (QED) is 0.146. The minimum Gasteiger partial charge on any atom is -0.462 e. The zero-order chi connectivity index (χ0) is 60.5. The lowest BCUT2D eigenvalue weighted by Gasteiger charge is -2.47. The van der Waals surface area contributed by atoms with Gasteiger partial charge in [-0.15, -0.1) is 0 Å². The van der Waals surface area contributed by atoms with Crippen LogP contribution in [0.4, 0.5) is 5.82 Å². The summed E-state index contributed by atoms with van der Waals surface area (Å²) >= 11 is 0. The van der Waals surface area contributed by atoms with Crippen molar-refractivity contribution in [1.82, 2.24) is 10.5 Å². The van der Waals surface area contributed by atoms with Gasteiger partial charge in [-0.25, -0.2) is 0 Å². The number of cyclic esters (lactones) is 1. The van der Waals surface area contributed by atoms with Gasteiger partial charge in [-0.05, 0) is 40.0 Å². The van der Waals surface area contributed by atoms with E-state index in [-0.39, 0.29) is 31.0 Å². The zero-order valence-corrected chi connectivity index (χ0v) is 46.8. The summed E-state index contributed by atoms with van der Waals surface area (Å²) < 4.78 is 34.4. The fourth-order valence-electron chi connectivity index (χ4n) is 10.1. The second-order valence-corrected chi connectivity index (χ2v) is 22.0. The number of fused-ring (bicyclic) bond motifs is 2. The Morgan fingerprint density at radius 1 is 0.683 bits per heavy atom. The van der Waals surface area contributed by atoms with Crippen LogP contribution in [0.5, 0.6) is 0 Å². The van der Waals surface area contributed by atoms with Gasteiger partial charge in [0.05, 0.1) is 98.7 Å². The molecule has 25 heteroatoms. The van der Waals surface area contributed by atoms with E-state index in [1.165, 1.54) is 19.1 Å². The fourth-order valence-corrected chi connectivity index (χ4v) is 10.1. The molecule has 1 aromatic heterocycles. The molecule has 0 spiro atoms. The number of ether oxygens (including phenoxy) is 5. The maximum absolute atomic E-state index is 14.1. The van der Waals surface area contributed by atoms with Gasteiger partial charge in [0.25, 0.3) is 0 Å². The van der Waals surface area contributed by atoms with Crippen molar-refractivity contribution in [1.29, 1.82) is 0 Å². The molecule has 1 aromatic rings. The van der Waals surface area contributed by atoms with E-state index in [0.29, 0.717) is 5.76 Å². The Balaban J connectivity index is 1.43. The van der Waals surface area contributed by atoms with E-state index in [1.807, 2.05) is 6.92 Å². The van der Waals surface area contributed by atoms with Crippen LogP contribution in [-0.4, -0.2) is 223 Å². The molecule has 3 fully saturated rings. The van der Waals surface area contributed by atoms with Gasteiger partial charge in [0, 0.05) is 43.6 Å². The van der Waals surface area contributed by atoms with Crippen molar-refractivity contribution >= 4 is 17.7 Å². The lowest BCUT2D eigenvalue weighted by atomic mass is 9.82. The molecule has 2 bridgehead atoms. The molecular weight excluding hydrogens is 1080 g/mol. The van der Waals surface area contributed by atoms with Gasteiger partial charge >= 0.3 is 5.97 Å². The summed E-state index contributed by atoms with van der Waals surface area (Å²) in [7, 11) is 0. The summed E-state index contributed by atoms with van der Waals surface area (Å²) in [6.45, 7) is 7.00. The van der Waals surface area contributed by atoms with E-state index in [4.69, 9.17) is 28.2 Å². The largest absolute Gasteiger partial charge is 0.462 e. The van der Waals surface area contributed by atoms with Gasteiger partial charge in [0.2, 0.25) is 11.7 Å². The molecule has 0 radical (unpaired) electrons. The van der Waals surface area contributed by atoms with Crippen LogP contribution in [0.1, 0.15) is 84.8 Å². The summed E-state index contributed by atoms with van der Waals surface area (Å²) in [5, 5.41) is 163. The number of anilines is 1. The first kappa shape index (κ1) is 68.4. The highest BCUT2D eigenvalue weighted by Gasteiger charge is 2.53. The minimum atomic E-state index is -2.48. The Morgan fingerprint density at radius 3 is 1.93 bits per heavy atom. The molecule has 5 rings (SSSR count). The second-order valence-electron chi connectivity index (χ2n) is 22.0. The first-order valence-electron chi connectivity index (χ1n) is 27.8. The van der Waals surface area contributed by atoms with Gasteiger partial charge in [-0.3, -0.25) is 9.59 Å². The third-order valence-corrected chi connectivity index (χ3v) is 15.1.